The lowest BCUT2D eigenvalue weighted by Gasteiger charge is -2.26. The molecule has 0 spiro atoms. The summed E-state index contributed by atoms with van der Waals surface area (Å²) in [5.41, 5.74) is 0. The average Bonchev–Trinajstić information content (AvgIpc) is 2.83. The quantitative estimate of drug-likeness (QED) is 0.871. The van der Waals surface area contributed by atoms with Gasteiger partial charge in [0.2, 0.25) is 5.91 Å². The molecule has 4 rings (SSSR count). The fraction of sp³-hybridized carbons (Fsp3) is 0.842. The van der Waals surface area contributed by atoms with E-state index in [1.807, 2.05) is 4.90 Å². The molecule has 26 heavy (non-hydrogen) atoms. The summed E-state index contributed by atoms with van der Waals surface area (Å²) in [5.74, 6) is 2.92. The van der Waals surface area contributed by atoms with Gasteiger partial charge in [-0.15, -0.1) is 10.2 Å². The van der Waals surface area contributed by atoms with Crippen molar-refractivity contribution in [1.29, 1.82) is 0 Å². The van der Waals surface area contributed by atoms with Gasteiger partial charge < -0.3 is 14.8 Å². The second-order valence-corrected chi connectivity index (χ2v) is 7.99. The third kappa shape index (κ3) is 4.09. The molecular weight excluding hydrogens is 328 g/mol. The molecule has 0 aromatic carbocycles. The fourth-order valence-corrected chi connectivity index (χ4v) is 4.55. The minimum Gasteiger partial charge on any atom is -0.339 e. The van der Waals surface area contributed by atoms with E-state index in [0.717, 1.165) is 63.9 Å². The minimum atomic E-state index is 0.284. The fourth-order valence-electron chi connectivity index (χ4n) is 4.55. The molecule has 0 bridgehead atoms. The molecular formula is C19H32N6O. The highest BCUT2D eigenvalue weighted by Crippen LogP contribution is 2.23. The molecule has 3 aliphatic rings. The molecule has 7 nitrogen and oxygen atoms in total. The second-order valence-electron chi connectivity index (χ2n) is 7.99. The Bertz CT molecular complexity index is 601. The number of likely N-dealkylation sites (tertiary alicyclic amines) is 1. The van der Waals surface area contributed by atoms with Gasteiger partial charge in [-0.25, -0.2) is 0 Å². The van der Waals surface area contributed by atoms with Crippen LogP contribution in [0.5, 0.6) is 0 Å². The third-order valence-electron chi connectivity index (χ3n) is 6.13. The van der Waals surface area contributed by atoms with E-state index in [4.69, 9.17) is 0 Å². The molecule has 0 saturated carbocycles. The molecule has 0 radical (unpaired) electrons. The smallest absolute Gasteiger partial charge is 0.236 e. The second kappa shape index (κ2) is 8.48. The van der Waals surface area contributed by atoms with Crippen molar-refractivity contribution in [3.05, 3.63) is 11.6 Å². The molecule has 2 saturated heterocycles. The summed E-state index contributed by atoms with van der Waals surface area (Å²) in [7, 11) is 0. The predicted molar refractivity (Wildman–Crippen MR) is 100 cm³/mol. The highest BCUT2D eigenvalue weighted by atomic mass is 16.2. The van der Waals surface area contributed by atoms with E-state index in [-0.39, 0.29) is 5.91 Å². The van der Waals surface area contributed by atoms with Crippen LogP contribution in [-0.4, -0.2) is 76.3 Å². The number of fused-ring (bicyclic) bond motifs is 1. The first kappa shape index (κ1) is 17.9. The number of nitrogens with one attached hydrogen (secondary N) is 1. The van der Waals surface area contributed by atoms with Gasteiger partial charge in [-0.05, 0) is 45.3 Å². The van der Waals surface area contributed by atoms with Gasteiger partial charge in [-0.1, -0.05) is 12.8 Å². The molecule has 1 aromatic heterocycles. The van der Waals surface area contributed by atoms with Crippen molar-refractivity contribution in [3.63, 3.8) is 0 Å². The SMILES string of the molecule is O=C(CN1CCCCCC1)N1CCc2nnc([C@H]3CCCNC3)n2CC1. The lowest BCUT2D eigenvalue weighted by atomic mass is 9.99. The molecule has 1 amide bonds. The summed E-state index contributed by atoms with van der Waals surface area (Å²) in [6.07, 6.45) is 8.28. The van der Waals surface area contributed by atoms with Crippen molar-refractivity contribution < 1.29 is 4.79 Å². The molecule has 1 aromatic rings. The average molecular weight is 361 g/mol. The van der Waals surface area contributed by atoms with Crippen molar-refractivity contribution in [2.24, 2.45) is 0 Å². The van der Waals surface area contributed by atoms with Gasteiger partial charge in [0.05, 0.1) is 6.54 Å². The van der Waals surface area contributed by atoms with E-state index in [1.54, 1.807) is 0 Å². The standard InChI is InChI=1S/C19H32N6O/c26-18(15-23-9-3-1-2-4-10-23)24-11-7-17-21-22-19(25(17)13-12-24)16-6-5-8-20-14-16/h16,20H,1-15H2/t16-/m0/s1. The zero-order valence-electron chi connectivity index (χ0n) is 15.8. The van der Waals surface area contributed by atoms with E-state index in [9.17, 15) is 4.79 Å². The van der Waals surface area contributed by atoms with Crippen LogP contribution >= 0.6 is 0 Å². The van der Waals surface area contributed by atoms with Gasteiger partial charge in [0, 0.05) is 38.5 Å². The summed E-state index contributed by atoms with van der Waals surface area (Å²) in [6, 6.07) is 0. The van der Waals surface area contributed by atoms with Crippen molar-refractivity contribution in [1.82, 2.24) is 29.9 Å². The van der Waals surface area contributed by atoms with Crippen LogP contribution in [0.25, 0.3) is 0 Å². The molecule has 0 unspecified atom stereocenters. The van der Waals surface area contributed by atoms with Crippen LogP contribution in [0.1, 0.15) is 56.1 Å². The Morgan fingerprint density at radius 3 is 2.62 bits per heavy atom. The van der Waals surface area contributed by atoms with E-state index in [2.05, 4.69) is 25.0 Å². The molecule has 2 fully saturated rings. The van der Waals surface area contributed by atoms with Crippen molar-refractivity contribution in [2.75, 3.05) is 45.8 Å². The van der Waals surface area contributed by atoms with E-state index in [1.165, 1.54) is 38.5 Å². The first-order chi connectivity index (χ1) is 12.8. The number of hydrogen-bond donors (Lipinski definition) is 1. The van der Waals surface area contributed by atoms with E-state index in [0.29, 0.717) is 12.5 Å². The van der Waals surface area contributed by atoms with Crippen LogP contribution in [0, 0.1) is 0 Å². The van der Waals surface area contributed by atoms with Crippen LogP contribution in [0.2, 0.25) is 0 Å². The number of amides is 1. The zero-order valence-corrected chi connectivity index (χ0v) is 15.8. The first-order valence-corrected chi connectivity index (χ1v) is 10.4. The van der Waals surface area contributed by atoms with E-state index < -0.39 is 0 Å². The molecule has 7 heteroatoms. The predicted octanol–water partition coefficient (Wildman–Crippen LogP) is 1.01. The van der Waals surface area contributed by atoms with Crippen LogP contribution < -0.4 is 5.32 Å². The normalized spacial score (nSPS) is 25.4. The number of rotatable bonds is 3. The Hall–Kier alpha value is -1.47. The number of hydrogen-bond acceptors (Lipinski definition) is 5. The molecule has 4 heterocycles. The highest BCUT2D eigenvalue weighted by molar-refractivity contribution is 5.78. The molecule has 144 valence electrons. The largest absolute Gasteiger partial charge is 0.339 e. The maximum Gasteiger partial charge on any atom is 0.236 e. The number of piperidine rings is 1. The van der Waals surface area contributed by atoms with Crippen molar-refractivity contribution in [2.45, 2.75) is 57.4 Å². The monoisotopic (exact) mass is 360 g/mol. The topological polar surface area (TPSA) is 66.3 Å². The number of carbonyl (C=O) groups excluding carboxylic acids is 1. The van der Waals surface area contributed by atoms with Gasteiger partial charge >= 0.3 is 0 Å². The summed E-state index contributed by atoms with van der Waals surface area (Å²) in [5, 5.41) is 12.4. The summed E-state index contributed by atoms with van der Waals surface area (Å²) < 4.78 is 2.29. The van der Waals surface area contributed by atoms with Crippen molar-refractivity contribution in [3.8, 4) is 0 Å². The molecule has 0 aliphatic carbocycles. The zero-order chi connectivity index (χ0) is 17.8. The van der Waals surface area contributed by atoms with Crippen LogP contribution in [0.15, 0.2) is 0 Å². The number of carbonyl (C=O) groups is 1. The lowest BCUT2D eigenvalue weighted by molar-refractivity contribution is -0.132. The maximum atomic E-state index is 12.8. The Morgan fingerprint density at radius 1 is 1.00 bits per heavy atom. The molecule has 1 N–H and O–H groups in total. The van der Waals surface area contributed by atoms with Gasteiger partial charge in [-0.3, -0.25) is 9.69 Å². The summed E-state index contributed by atoms with van der Waals surface area (Å²) >= 11 is 0. The Labute approximate surface area is 156 Å². The van der Waals surface area contributed by atoms with Gasteiger partial charge in [0.1, 0.15) is 11.6 Å². The Morgan fingerprint density at radius 2 is 1.85 bits per heavy atom. The van der Waals surface area contributed by atoms with Crippen LogP contribution in [0.4, 0.5) is 0 Å². The van der Waals surface area contributed by atoms with Gasteiger partial charge in [-0.2, -0.15) is 0 Å². The Kier molecular flexibility index (Phi) is 5.84. The Balaban J connectivity index is 1.37. The van der Waals surface area contributed by atoms with E-state index >= 15 is 0 Å². The summed E-state index contributed by atoms with van der Waals surface area (Å²) in [4.78, 5) is 17.2. The minimum absolute atomic E-state index is 0.284. The first-order valence-electron chi connectivity index (χ1n) is 10.4. The van der Waals surface area contributed by atoms with Crippen molar-refractivity contribution >= 4 is 5.91 Å². The maximum absolute atomic E-state index is 12.8. The van der Waals surface area contributed by atoms with Crippen LogP contribution in [-0.2, 0) is 17.8 Å². The molecule has 1 atom stereocenters. The lowest BCUT2D eigenvalue weighted by Crippen LogP contribution is -2.42. The van der Waals surface area contributed by atoms with Gasteiger partial charge in [0.25, 0.3) is 0 Å². The highest BCUT2D eigenvalue weighted by Gasteiger charge is 2.27. The number of aromatic nitrogens is 3. The third-order valence-corrected chi connectivity index (χ3v) is 6.13. The number of nitrogens with zero attached hydrogens (tertiary/aromatic N) is 5. The summed E-state index contributed by atoms with van der Waals surface area (Å²) in [6.45, 7) is 7.22. The molecule has 3 aliphatic heterocycles. The van der Waals surface area contributed by atoms with Gasteiger partial charge in [0.15, 0.2) is 0 Å². The van der Waals surface area contributed by atoms with Crippen LogP contribution in [0.3, 0.4) is 0 Å².